The number of fused-ring (bicyclic) bond motifs is 9. The van der Waals surface area contributed by atoms with Crippen LogP contribution >= 0.6 is 15.9 Å². The van der Waals surface area contributed by atoms with Crippen molar-refractivity contribution in [3.63, 3.8) is 0 Å². The number of nitrogens with one attached hydrogen (secondary N) is 1. The fraction of sp³-hybridized carbons (Fsp3) is 0.600. The van der Waals surface area contributed by atoms with Gasteiger partial charge in [-0.25, -0.2) is 15.0 Å². The van der Waals surface area contributed by atoms with E-state index in [2.05, 4.69) is 198 Å². The van der Waals surface area contributed by atoms with E-state index in [-0.39, 0.29) is 6.61 Å². The molecule has 0 bridgehead atoms. The number of ether oxygens (including phenoxy) is 4. The van der Waals surface area contributed by atoms with Gasteiger partial charge in [-0.3, -0.25) is 15.0 Å². The van der Waals surface area contributed by atoms with Crippen molar-refractivity contribution in [2.24, 2.45) is 37.4 Å². The zero-order valence-corrected chi connectivity index (χ0v) is 63.5. The number of aliphatic hydroxyl groups is 1. The predicted molar refractivity (Wildman–Crippen MR) is 398 cm³/mol. The lowest BCUT2D eigenvalue weighted by atomic mass is 9.62. The SMILES string of the molecule is CC(C)[Si](COCOC1CC2(C1)CN(c1ccc3c4cnccc4n(C)c3n1)C2)(C(C)C)C(C)C.CC(C)[Si](OCCOC1CC2(CNC2)C1)(C(C)C)C(C)C.Cn1c2ccncc2c2ccc(Br)nc21.Cn1c2ccncc2c2ccc(N3CC4(CC(OCCO)C4)C3)nc21. The van der Waals surface area contributed by atoms with E-state index >= 15 is 0 Å². The highest BCUT2D eigenvalue weighted by Crippen LogP contribution is 2.53. The van der Waals surface area contributed by atoms with Crippen molar-refractivity contribution in [2.75, 3.05) is 88.5 Å². The van der Waals surface area contributed by atoms with E-state index in [4.69, 9.17) is 38.4 Å². The van der Waals surface area contributed by atoms with Gasteiger partial charge in [-0.1, -0.05) is 83.1 Å². The number of pyridine rings is 6. The fourth-order valence-electron chi connectivity index (χ4n) is 18.3. The van der Waals surface area contributed by atoms with E-state index < -0.39 is 16.4 Å². The number of hydrogen-bond donors (Lipinski definition) is 2. The molecule has 6 fully saturated rings. The molecular formula is C75H107BrN12O6Si2. The molecule has 3 aliphatic carbocycles. The average Bonchev–Trinajstić information content (AvgIpc) is 1.63. The molecule has 6 aliphatic rings. The summed E-state index contributed by atoms with van der Waals surface area (Å²) in [6.07, 6.45) is 20.3. The molecule has 3 aliphatic heterocycles. The van der Waals surface area contributed by atoms with E-state index in [9.17, 15) is 0 Å². The molecule has 21 heteroatoms. The third-order valence-corrected chi connectivity index (χ3v) is 37.2. The number of aryl methyl sites for hydroxylation is 3. The molecule has 518 valence electrons. The second kappa shape index (κ2) is 28.6. The lowest BCUT2D eigenvalue weighted by molar-refractivity contribution is -0.151. The number of nitrogens with zero attached hydrogens (tertiary/aromatic N) is 11. The minimum atomic E-state index is -1.71. The van der Waals surface area contributed by atoms with Gasteiger partial charge >= 0.3 is 0 Å². The molecule has 18 nitrogen and oxygen atoms in total. The van der Waals surface area contributed by atoms with Crippen molar-refractivity contribution in [1.29, 1.82) is 0 Å². The van der Waals surface area contributed by atoms with Crippen LogP contribution in [0.2, 0.25) is 33.2 Å². The lowest BCUT2D eigenvalue weighted by Gasteiger charge is -2.59. The Morgan fingerprint density at radius 2 is 0.885 bits per heavy atom. The maximum Gasteiger partial charge on any atom is 0.200 e. The molecule has 96 heavy (non-hydrogen) atoms. The summed E-state index contributed by atoms with van der Waals surface area (Å²) in [5.74, 6) is 2.13. The number of aromatic nitrogens is 9. The Kier molecular flexibility index (Phi) is 21.0. The maximum absolute atomic E-state index is 8.84. The third-order valence-electron chi connectivity index (χ3n) is 23.5. The lowest BCUT2D eigenvalue weighted by Crippen LogP contribution is -2.64. The van der Waals surface area contributed by atoms with Gasteiger partial charge in [0.15, 0.2) is 8.32 Å². The second-order valence-electron chi connectivity index (χ2n) is 31.2. The third kappa shape index (κ3) is 13.5. The first-order chi connectivity index (χ1) is 45.9. The van der Waals surface area contributed by atoms with Gasteiger partial charge < -0.3 is 57.3 Å². The summed E-state index contributed by atoms with van der Waals surface area (Å²) < 4.78 is 37.7. The van der Waals surface area contributed by atoms with E-state index in [0.29, 0.717) is 81.2 Å². The van der Waals surface area contributed by atoms with Gasteiger partial charge in [-0.05, 0) is 142 Å². The molecule has 3 saturated carbocycles. The van der Waals surface area contributed by atoms with Gasteiger partial charge in [0.25, 0.3) is 0 Å². The summed E-state index contributed by atoms with van der Waals surface area (Å²) in [5.41, 5.74) is 12.1. The molecule has 0 amide bonds. The van der Waals surface area contributed by atoms with Gasteiger partial charge in [0.1, 0.15) is 40.0 Å². The molecule has 9 aromatic heterocycles. The number of hydrogen-bond acceptors (Lipinski definition) is 15. The summed E-state index contributed by atoms with van der Waals surface area (Å²) in [6.45, 7) is 37.6. The average molecular weight is 1410 g/mol. The predicted octanol–water partition coefficient (Wildman–Crippen LogP) is 15.2. The first kappa shape index (κ1) is 70.4. The molecule has 15 rings (SSSR count). The van der Waals surface area contributed by atoms with Crippen LogP contribution in [0.4, 0.5) is 11.6 Å². The molecule has 0 radical (unpaired) electrons. The van der Waals surface area contributed by atoms with Crippen molar-refractivity contribution in [3.05, 3.63) is 96.4 Å². The molecule has 3 spiro atoms. The second-order valence-corrected chi connectivity index (χ2v) is 43.4. The van der Waals surface area contributed by atoms with Crippen molar-refractivity contribution in [3.8, 4) is 0 Å². The summed E-state index contributed by atoms with van der Waals surface area (Å²) in [7, 11) is 2.95. The fourth-order valence-corrected chi connectivity index (χ4v) is 29.5. The number of aliphatic hydroxyl groups excluding tert-OH is 1. The molecule has 0 atom stereocenters. The molecular weight excluding hydrogens is 1300 g/mol. The molecule has 2 N–H and O–H groups in total. The van der Waals surface area contributed by atoms with Crippen molar-refractivity contribution in [1.82, 2.24) is 48.9 Å². The minimum Gasteiger partial charge on any atom is -0.414 e. The van der Waals surface area contributed by atoms with Gasteiger partial charge in [0, 0.05) is 152 Å². The zero-order chi connectivity index (χ0) is 68.1. The first-order valence-electron chi connectivity index (χ1n) is 35.6. The van der Waals surface area contributed by atoms with Gasteiger partial charge in [-0.15, -0.1) is 0 Å². The van der Waals surface area contributed by atoms with Crippen LogP contribution in [0.15, 0.2) is 96.4 Å². The summed E-state index contributed by atoms with van der Waals surface area (Å²) in [4.78, 5) is 31.9. The largest absolute Gasteiger partial charge is 0.414 e. The van der Waals surface area contributed by atoms with Crippen LogP contribution in [-0.2, 0) is 44.5 Å². The summed E-state index contributed by atoms with van der Waals surface area (Å²) in [5, 5.41) is 19.2. The van der Waals surface area contributed by atoms with Gasteiger partial charge in [-0.2, -0.15) is 0 Å². The quantitative estimate of drug-likeness (QED) is 0.0300. The Bertz CT molecular complexity index is 4090. The van der Waals surface area contributed by atoms with E-state index in [0.717, 1.165) is 137 Å². The smallest absolute Gasteiger partial charge is 0.200 e. The van der Waals surface area contributed by atoms with Crippen molar-refractivity contribution in [2.45, 2.75) is 173 Å². The Morgan fingerprint density at radius 3 is 1.28 bits per heavy atom. The highest BCUT2D eigenvalue weighted by Gasteiger charge is 2.55. The van der Waals surface area contributed by atoms with Crippen LogP contribution in [0.5, 0.6) is 0 Å². The molecule has 0 aromatic carbocycles. The number of halogens is 1. The van der Waals surface area contributed by atoms with Crippen LogP contribution in [-0.4, -0.2) is 162 Å². The maximum atomic E-state index is 8.84. The van der Waals surface area contributed by atoms with E-state index in [1.54, 1.807) is 6.20 Å². The Hall–Kier alpha value is -5.47. The van der Waals surface area contributed by atoms with E-state index in [1.165, 1.54) is 42.2 Å². The highest BCUT2D eigenvalue weighted by atomic mass is 79.9. The molecule has 12 heterocycles. The Morgan fingerprint density at radius 1 is 0.490 bits per heavy atom. The van der Waals surface area contributed by atoms with Crippen LogP contribution in [0.25, 0.3) is 65.8 Å². The van der Waals surface area contributed by atoms with Gasteiger partial charge in [0.05, 0.1) is 69.4 Å². The number of rotatable bonds is 21. The van der Waals surface area contributed by atoms with Crippen LogP contribution < -0.4 is 15.1 Å². The standard InChI is InChI=1S/C28H42N4O2Si.C19H22N4O2.C17H35NO2Si.C11H8BrN3/c1-19(2)35(20(3)4,21(5)6)18-33-17-34-22-12-28(13-22)15-32(16-28)26-9-8-23-24-14-29-11-10-25(24)31(7)27(23)30-26;1-22-16-4-5-20-10-15(16)14-2-3-17(21-18(14)22)23-11-19(12-23)8-13(9-19)25-7-6-24;1-13(2)21(14(3)4,15(5)6)20-8-7-19-16-9-17(10-16)11-18-12-17;1-15-9-4-5-13-6-8(9)7-2-3-10(12)14-11(7)15/h8-11,14,19-22H,12-13,15-18H2,1-7H3;2-5,10,13,24H,6-9,11-12H2,1H3;13-16,18H,7-12H2,1-6H3;2-6H,1H3. The summed E-state index contributed by atoms with van der Waals surface area (Å²) >= 11 is 3.38. The minimum absolute atomic E-state index is 0.111. The molecule has 3 saturated heterocycles. The molecule has 9 aromatic rings. The highest BCUT2D eigenvalue weighted by molar-refractivity contribution is 9.10. The Labute approximate surface area is 579 Å². The monoisotopic (exact) mass is 1410 g/mol. The van der Waals surface area contributed by atoms with Crippen molar-refractivity contribution < 1.29 is 28.5 Å². The van der Waals surface area contributed by atoms with E-state index in [1.807, 2.05) is 56.2 Å². The zero-order valence-electron chi connectivity index (χ0n) is 59.9. The Balaban J connectivity index is 0.000000128. The van der Waals surface area contributed by atoms with Crippen LogP contribution in [0.1, 0.15) is 122 Å². The van der Waals surface area contributed by atoms with Crippen LogP contribution in [0.3, 0.4) is 0 Å². The topological polar surface area (TPSA) is 177 Å². The van der Waals surface area contributed by atoms with Gasteiger partial charge in [0.2, 0.25) is 0 Å². The molecule has 0 unspecified atom stereocenters. The number of anilines is 2. The first-order valence-corrected chi connectivity index (χ1v) is 40.9. The van der Waals surface area contributed by atoms with Crippen molar-refractivity contribution >= 4 is 110 Å². The normalized spacial score (nSPS) is 19.0. The van der Waals surface area contributed by atoms with Crippen LogP contribution in [0, 0.1) is 16.2 Å². The summed E-state index contributed by atoms with van der Waals surface area (Å²) in [6, 6.07) is 18.8.